The molecule has 5 heteroatoms. The molecule has 0 radical (unpaired) electrons. The van der Waals surface area contributed by atoms with Crippen LogP contribution in [0.5, 0.6) is 0 Å². The van der Waals surface area contributed by atoms with Gasteiger partial charge in [0.15, 0.2) is 0 Å². The molecule has 1 aromatic rings. The van der Waals surface area contributed by atoms with Crippen LogP contribution in [0.15, 0.2) is 18.2 Å². The van der Waals surface area contributed by atoms with Crippen LogP contribution in [-0.2, 0) is 4.74 Å². The number of nitrogens with one attached hydrogen (secondary N) is 2. The highest BCUT2D eigenvalue weighted by molar-refractivity contribution is 6.30. The van der Waals surface area contributed by atoms with Crippen LogP contribution in [0.4, 0.5) is 5.69 Å². The summed E-state index contributed by atoms with van der Waals surface area (Å²) < 4.78 is 5.36. The lowest BCUT2D eigenvalue weighted by Gasteiger charge is -2.20. The Morgan fingerprint density at radius 3 is 3.06 bits per heavy atom. The maximum atomic E-state index is 9.03. The Morgan fingerprint density at radius 1 is 1.53 bits per heavy atom. The number of hydrogen-bond donors (Lipinski definition) is 2. The largest absolute Gasteiger partial charge is 0.378 e. The van der Waals surface area contributed by atoms with Gasteiger partial charge in [0.1, 0.15) is 6.07 Å². The molecule has 1 unspecified atom stereocenters. The summed E-state index contributed by atoms with van der Waals surface area (Å²) >= 11 is 5.93. The first-order chi connectivity index (χ1) is 8.24. The minimum atomic E-state index is 0.112. The Morgan fingerprint density at radius 2 is 2.35 bits per heavy atom. The lowest BCUT2D eigenvalue weighted by molar-refractivity contribution is 0.111. The van der Waals surface area contributed by atoms with Crippen molar-refractivity contribution in [3.8, 4) is 6.07 Å². The number of nitriles is 1. The van der Waals surface area contributed by atoms with Crippen molar-refractivity contribution in [3.05, 3.63) is 28.8 Å². The zero-order valence-corrected chi connectivity index (χ0v) is 10.3. The van der Waals surface area contributed by atoms with E-state index in [0.717, 1.165) is 18.8 Å². The fourth-order valence-corrected chi connectivity index (χ4v) is 2.15. The topological polar surface area (TPSA) is 57.1 Å². The summed E-state index contributed by atoms with van der Waals surface area (Å²) in [5, 5.41) is 16.2. The standard InChI is InChI=1S/C12H14ClN3O/c1-17-12-7-15-6-11(12)16-10-4-9(13)3-2-8(10)5-14/h2-4,11-12,15-16H,6-7H2,1H3/t11?,12-/m0/s1. The molecule has 4 nitrogen and oxygen atoms in total. The molecule has 17 heavy (non-hydrogen) atoms. The van der Waals surface area contributed by atoms with Crippen LogP contribution >= 0.6 is 11.6 Å². The molecule has 2 rings (SSSR count). The summed E-state index contributed by atoms with van der Waals surface area (Å²) in [6.07, 6.45) is 0.112. The van der Waals surface area contributed by atoms with Crippen molar-refractivity contribution in [2.24, 2.45) is 0 Å². The van der Waals surface area contributed by atoms with Gasteiger partial charge in [-0.15, -0.1) is 0 Å². The number of nitrogens with zero attached hydrogens (tertiary/aromatic N) is 1. The van der Waals surface area contributed by atoms with Crippen molar-refractivity contribution in [1.29, 1.82) is 5.26 Å². The van der Waals surface area contributed by atoms with E-state index in [2.05, 4.69) is 16.7 Å². The molecular formula is C12H14ClN3O. The fraction of sp³-hybridized carbons (Fsp3) is 0.417. The maximum Gasteiger partial charge on any atom is 0.101 e. The van der Waals surface area contributed by atoms with Gasteiger partial charge in [-0.3, -0.25) is 0 Å². The van der Waals surface area contributed by atoms with E-state index in [1.54, 1.807) is 25.3 Å². The molecule has 2 atom stereocenters. The first kappa shape index (κ1) is 12.2. The van der Waals surface area contributed by atoms with E-state index in [0.29, 0.717) is 10.6 Å². The van der Waals surface area contributed by atoms with Gasteiger partial charge in [0.2, 0.25) is 0 Å². The molecule has 2 N–H and O–H groups in total. The second kappa shape index (κ2) is 5.37. The summed E-state index contributed by atoms with van der Waals surface area (Å²) in [7, 11) is 1.69. The van der Waals surface area contributed by atoms with E-state index in [4.69, 9.17) is 21.6 Å². The molecule has 0 saturated carbocycles. The first-order valence-electron chi connectivity index (χ1n) is 5.44. The molecule has 0 spiro atoms. The van der Waals surface area contributed by atoms with Crippen LogP contribution < -0.4 is 10.6 Å². The van der Waals surface area contributed by atoms with Gasteiger partial charge in [-0.25, -0.2) is 0 Å². The van der Waals surface area contributed by atoms with Crippen molar-refractivity contribution < 1.29 is 4.74 Å². The van der Waals surface area contributed by atoms with Gasteiger partial charge in [-0.1, -0.05) is 11.6 Å². The van der Waals surface area contributed by atoms with Crippen molar-refractivity contribution in [2.75, 3.05) is 25.5 Å². The number of anilines is 1. The summed E-state index contributed by atoms with van der Waals surface area (Å²) in [5.41, 5.74) is 1.35. The quantitative estimate of drug-likeness (QED) is 0.857. The molecule has 1 saturated heterocycles. The van der Waals surface area contributed by atoms with Gasteiger partial charge in [0.05, 0.1) is 23.4 Å². The van der Waals surface area contributed by atoms with E-state index >= 15 is 0 Å². The predicted octanol–water partition coefficient (Wildman–Crippen LogP) is 1.61. The summed E-state index contributed by atoms with van der Waals surface area (Å²) in [6.45, 7) is 1.63. The van der Waals surface area contributed by atoms with Crippen LogP contribution in [0.2, 0.25) is 5.02 Å². The average molecular weight is 252 g/mol. The zero-order valence-electron chi connectivity index (χ0n) is 9.53. The molecule has 0 aliphatic carbocycles. The van der Waals surface area contributed by atoms with Gasteiger partial charge in [-0.05, 0) is 18.2 Å². The number of methoxy groups -OCH3 is 1. The monoisotopic (exact) mass is 251 g/mol. The molecule has 0 bridgehead atoms. The Hall–Kier alpha value is -1.28. The Kier molecular flexibility index (Phi) is 3.85. The number of ether oxygens (including phenoxy) is 1. The lowest BCUT2D eigenvalue weighted by atomic mass is 10.1. The van der Waals surface area contributed by atoms with Gasteiger partial charge < -0.3 is 15.4 Å². The van der Waals surface area contributed by atoms with E-state index in [-0.39, 0.29) is 12.1 Å². The van der Waals surface area contributed by atoms with E-state index in [1.165, 1.54) is 0 Å². The first-order valence-corrected chi connectivity index (χ1v) is 5.82. The van der Waals surface area contributed by atoms with Gasteiger partial charge in [0.25, 0.3) is 0 Å². The van der Waals surface area contributed by atoms with Gasteiger partial charge >= 0.3 is 0 Å². The van der Waals surface area contributed by atoms with Gasteiger partial charge in [-0.2, -0.15) is 5.26 Å². The van der Waals surface area contributed by atoms with E-state index < -0.39 is 0 Å². The highest BCUT2D eigenvalue weighted by Crippen LogP contribution is 2.22. The van der Waals surface area contributed by atoms with E-state index in [1.807, 2.05) is 0 Å². The molecule has 0 amide bonds. The van der Waals surface area contributed by atoms with E-state index in [9.17, 15) is 0 Å². The molecule has 0 aromatic heterocycles. The normalized spacial score (nSPS) is 23.4. The minimum Gasteiger partial charge on any atom is -0.378 e. The lowest BCUT2D eigenvalue weighted by Crippen LogP contribution is -2.33. The summed E-state index contributed by atoms with van der Waals surface area (Å²) in [6, 6.07) is 7.51. The zero-order chi connectivity index (χ0) is 12.3. The molecule has 1 aromatic carbocycles. The van der Waals surface area contributed by atoms with Crippen LogP contribution in [0.25, 0.3) is 0 Å². The molecule has 1 aliphatic heterocycles. The summed E-state index contributed by atoms with van der Waals surface area (Å²) in [5.74, 6) is 0. The molecule has 1 heterocycles. The third-order valence-electron chi connectivity index (χ3n) is 2.90. The van der Waals surface area contributed by atoms with Crippen LogP contribution in [0.1, 0.15) is 5.56 Å². The number of rotatable bonds is 3. The van der Waals surface area contributed by atoms with Crippen LogP contribution in [0, 0.1) is 11.3 Å². The predicted molar refractivity (Wildman–Crippen MR) is 67.2 cm³/mol. The smallest absolute Gasteiger partial charge is 0.101 e. The Balaban J connectivity index is 2.18. The number of halogens is 1. The minimum absolute atomic E-state index is 0.112. The van der Waals surface area contributed by atoms with Crippen molar-refractivity contribution in [2.45, 2.75) is 12.1 Å². The second-order valence-electron chi connectivity index (χ2n) is 3.98. The van der Waals surface area contributed by atoms with Gasteiger partial charge in [0, 0.05) is 25.2 Å². The van der Waals surface area contributed by atoms with Crippen LogP contribution in [0.3, 0.4) is 0 Å². The number of benzene rings is 1. The number of hydrogen-bond acceptors (Lipinski definition) is 4. The van der Waals surface area contributed by atoms with Crippen molar-refractivity contribution >= 4 is 17.3 Å². The molecule has 1 aliphatic rings. The second-order valence-corrected chi connectivity index (χ2v) is 4.42. The average Bonchev–Trinajstić information content (AvgIpc) is 2.77. The third-order valence-corrected chi connectivity index (χ3v) is 3.14. The van der Waals surface area contributed by atoms with Crippen molar-refractivity contribution in [1.82, 2.24) is 5.32 Å². The third kappa shape index (κ3) is 2.70. The molecular weight excluding hydrogens is 238 g/mol. The molecule has 1 fully saturated rings. The summed E-state index contributed by atoms with van der Waals surface area (Å²) in [4.78, 5) is 0. The molecule has 90 valence electrons. The Bertz CT molecular complexity index is 444. The fourth-order valence-electron chi connectivity index (χ4n) is 1.98. The highest BCUT2D eigenvalue weighted by atomic mass is 35.5. The highest BCUT2D eigenvalue weighted by Gasteiger charge is 2.27. The Labute approximate surface area is 106 Å². The van der Waals surface area contributed by atoms with Crippen molar-refractivity contribution in [3.63, 3.8) is 0 Å². The maximum absolute atomic E-state index is 9.03. The van der Waals surface area contributed by atoms with Crippen LogP contribution in [-0.4, -0.2) is 32.3 Å². The SMILES string of the molecule is CO[C@H]1CNCC1Nc1cc(Cl)ccc1C#N.